The van der Waals surface area contributed by atoms with Crippen LogP contribution in [0.2, 0.25) is 0 Å². The number of likely N-dealkylation sites (N-methyl/N-ethyl adjacent to an activating group) is 1. The molecule has 0 radical (unpaired) electrons. The number of amides is 1. The minimum absolute atomic E-state index is 0.0230. The van der Waals surface area contributed by atoms with Crippen LogP contribution in [0.5, 0.6) is 0 Å². The van der Waals surface area contributed by atoms with Gasteiger partial charge in [-0.05, 0) is 48.7 Å². The molecule has 0 spiro atoms. The van der Waals surface area contributed by atoms with E-state index < -0.39 is 0 Å². The summed E-state index contributed by atoms with van der Waals surface area (Å²) in [4.78, 5) is 14.3. The number of nitrogens with zero attached hydrogens (tertiary/aromatic N) is 1. The maximum absolute atomic E-state index is 12.3. The van der Waals surface area contributed by atoms with Crippen molar-refractivity contribution in [1.29, 1.82) is 0 Å². The number of hydrogen-bond donors (Lipinski definition) is 1. The van der Waals surface area contributed by atoms with E-state index in [0.717, 1.165) is 25.9 Å². The highest BCUT2D eigenvalue weighted by molar-refractivity contribution is 7.07. The third kappa shape index (κ3) is 2.69. The monoisotopic (exact) mass is 252 g/mol. The summed E-state index contributed by atoms with van der Waals surface area (Å²) in [5, 5.41) is 7.48. The van der Waals surface area contributed by atoms with Gasteiger partial charge in [0.25, 0.3) is 0 Å². The summed E-state index contributed by atoms with van der Waals surface area (Å²) in [6.07, 6.45) is 2.07. The van der Waals surface area contributed by atoms with E-state index in [4.69, 9.17) is 0 Å². The lowest BCUT2D eigenvalue weighted by atomic mass is 10.0. The van der Waals surface area contributed by atoms with Gasteiger partial charge in [0.15, 0.2) is 0 Å². The number of nitrogens with one attached hydrogen (secondary N) is 1. The van der Waals surface area contributed by atoms with E-state index in [1.807, 2.05) is 4.90 Å². The summed E-state index contributed by atoms with van der Waals surface area (Å²) in [6, 6.07) is 2.34. The number of likely N-dealkylation sites (tertiary alicyclic amines) is 1. The molecule has 2 heterocycles. The lowest BCUT2D eigenvalue weighted by Crippen LogP contribution is -2.51. The van der Waals surface area contributed by atoms with Crippen LogP contribution in [-0.2, 0) is 4.79 Å². The fourth-order valence-electron chi connectivity index (χ4n) is 2.41. The van der Waals surface area contributed by atoms with E-state index in [1.165, 1.54) is 5.56 Å². The predicted molar refractivity (Wildman–Crippen MR) is 71.1 cm³/mol. The number of carbonyl (C=O) groups is 1. The molecule has 17 heavy (non-hydrogen) atoms. The second-order valence-corrected chi connectivity index (χ2v) is 5.30. The van der Waals surface area contributed by atoms with Crippen molar-refractivity contribution in [2.24, 2.45) is 0 Å². The molecule has 1 aliphatic heterocycles. The van der Waals surface area contributed by atoms with Crippen molar-refractivity contribution in [3.05, 3.63) is 22.4 Å². The number of rotatable bonds is 4. The first-order valence-corrected chi connectivity index (χ1v) is 7.24. The maximum atomic E-state index is 12.3. The lowest BCUT2D eigenvalue weighted by Gasteiger charge is -2.36. The van der Waals surface area contributed by atoms with Gasteiger partial charge in [0.2, 0.25) is 5.91 Å². The lowest BCUT2D eigenvalue weighted by molar-refractivity contribution is -0.138. The van der Waals surface area contributed by atoms with Crippen LogP contribution >= 0.6 is 11.3 Å². The summed E-state index contributed by atoms with van der Waals surface area (Å²) < 4.78 is 0. The quantitative estimate of drug-likeness (QED) is 0.892. The Morgan fingerprint density at radius 2 is 2.47 bits per heavy atom. The summed E-state index contributed by atoms with van der Waals surface area (Å²) >= 11 is 1.69. The van der Waals surface area contributed by atoms with Crippen molar-refractivity contribution in [2.45, 2.75) is 38.8 Å². The zero-order chi connectivity index (χ0) is 12.3. The molecule has 2 atom stereocenters. The molecule has 0 aliphatic carbocycles. The molecular weight excluding hydrogens is 232 g/mol. The first-order chi connectivity index (χ1) is 8.24. The number of thiophene rings is 1. The molecule has 2 rings (SSSR count). The molecule has 1 aliphatic rings. The Kier molecular flexibility index (Phi) is 4.18. The van der Waals surface area contributed by atoms with Gasteiger partial charge in [-0.1, -0.05) is 6.92 Å². The molecule has 94 valence electrons. The van der Waals surface area contributed by atoms with Gasteiger partial charge in [-0.15, -0.1) is 0 Å². The third-order valence-corrected chi connectivity index (χ3v) is 4.12. The Morgan fingerprint density at radius 3 is 3.12 bits per heavy atom. The van der Waals surface area contributed by atoms with Gasteiger partial charge < -0.3 is 10.2 Å². The third-order valence-electron chi connectivity index (χ3n) is 3.42. The molecule has 3 nitrogen and oxygen atoms in total. The maximum Gasteiger partial charge on any atom is 0.240 e. The number of carbonyl (C=O) groups excluding carboxylic acids is 1. The van der Waals surface area contributed by atoms with Crippen molar-refractivity contribution in [2.75, 3.05) is 13.1 Å². The minimum Gasteiger partial charge on any atom is -0.335 e. The molecular formula is C13H20N2OS. The first kappa shape index (κ1) is 12.6. The normalized spacial score (nSPS) is 22.8. The molecule has 1 aromatic heterocycles. The molecule has 0 saturated carbocycles. The Bertz CT molecular complexity index is 362. The van der Waals surface area contributed by atoms with Crippen molar-refractivity contribution in [1.82, 2.24) is 10.2 Å². The van der Waals surface area contributed by atoms with Crippen molar-refractivity contribution in [3.8, 4) is 0 Å². The van der Waals surface area contributed by atoms with Crippen molar-refractivity contribution in [3.63, 3.8) is 0 Å². The second kappa shape index (κ2) is 5.65. The van der Waals surface area contributed by atoms with Gasteiger partial charge in [-0.2, -0.15) is 11.3 Å². The van der Waals surface area contributed by atoms with Crippen molar-refractivity contribution >= 4 is 17.2 Å². The fourth-order valence-corrected chi connectivity index (χ4v) is 3.16. The van der Waals surface area contributed by atoms with E-state index in [9.17, 15) is 4.79 Å². The average molecular weight is 252 g/mol. The zero-order valence-electron chi connectivity index (χ0n) is 10.5. The van der Waals surface area contributed by atoms with Gasteiger partial charge in [-0.3, -0.25) is 4.79 Å². The Morgan fingerprint density at radius 1 is 1.65 bits per heavy atom. The number of piperidine rings is 1. The highest BCUT2D eigenvalue weighted by Gasteiger charge is 2.31. The predicted octanol–water partition coefficient (Wildman–Crippen LogP) is 2.41. The summed E-state index contributed by atoms with van der Waals surface area (Å²) in [6.45, 7) is 5.91. The Hall–Kier alpha value is -0.870. The van der Waals surface area contributed by atoms with Crippen LogP contribution < -0.4 is 5.32 Å². The van der Waals surface area contributed by atoms with E-state index >= 15 is 0 Å². The topological polar surface area (TPSA) is 32.3 Å². The van der Waals surface area contributed by atoms with Crippen LogP contribution in [0.25, 0.3) is 0 Å². The average Bonchev–Trinajstić information content (AvgIpc) is 2.85. The van der Waals surface area contributed by atoms with E-state index in [1.54, 1.807) is 11.3 Å². The summed E-state index contributed by atoms with van der Waals surface area (Å²) in [7, 11) is 0. The van der Waals surface area contributed by atoms with Gasteiger partial charge in [0.05, 0.1) is 12.1 Å². The minimum atomic E-state index is 0.0230. The van der Waals surface area contributed by atoms with E-state index in [0.29, 0.717) is 0 Å². The summed E-state index contributed by atoms with van der Waals surface area (Å²) in [5.74, 6) is 0.261. The molecule has 0 aromatic carbocycles. The zero-order valence-corrected chi connectivity index (χ0v) is 11.3. The van der Waals surface area contributed by atoms with E-state index in [-0.39, 0.29) is 18.0 Å². The molecule has 1 N–H and O–H groups in total. The van der Waals surface area contributed by atoms with E-state index in [2.05, 4.69) is 36.0 Å². The van der Waals surface area contributed by atoms with Gasteiger partial charge in [0, 0.05) is 6.54 Å². The first-order valence-electron chi connectivity index (χ1n) is 6.30. The highest BCUT2D eigenvalue weighted by atomic mass is 32.1. The van der Waals surface area contributed by atoms with Crippen LogP contribution in [0.1, 0.15) is 38.3 Å². The standard InChI is InChI=1S/C13H20N2OS/c1-3-14-12-5-4-7-15(13(12)16)10(2)11-6-8-17-9-11/h6,8-10,12,14H,3-5,7H2,1-2H3. The van der Waals surface area contributed by atoms with Crippen LogP contribution in [0.15, 0.2) is 16.8 Å². The molecule has 1 aromatic rings. The molecule has 1 fully saturated rings. The van der Waals surface area contributed by atoms with Gasteiger partial charge in [0.1, 0.15) is 0 Å². The Labute approximate surface area is 107 Å². The molecule has 1 saturated heterocycles. The smallest absolute Gasteiger partial charge is 0.240 e. The van der Waals surface area contributed by atoms with Gasteiger partial charge >= 0.3 is 0 Å². The fraction of sp³-hybridized carbons (Fsp3) is 0.615. The Balaban J connectivity index is 2.07. The molecule has 1 amide bonds. The van der Waals surface area contributed by atoms with Crippen LogP contribution in [0.4, 0.5) is 0 Å². The summed E-state index contributed by atoms with van der Waals surface area (Å²) in [5.41, 5.74) is 1.25. The van der Waals surface area contributed by atoms with Crippen LogP contribution in [0, 0.1) is 0 Å². The highest BCUT2D eigenvalue weighted by Crippen LogP contribution is 2.26. The van der Waals surface area contributed by atoms with Crippen molar-refractivity contribution < 1.29 is 4.79 Å². The van der Waals surface area contributed by atoms with Gasteiger partial charge in [-0.25, -0.2) is 0 Å². The molecule has 2 unspecified atom stereocenters. The van der Waals surface area contributed by atoms with Crippen LogP contribution in [0.3, 0.4) is 0 Å². The number of hydrogen-bond acceptors (Lipinski definition) is 3. The van der Waals surface area contributed by atoms with Crippen LogP contribution in [-0.4, -0.2) is 29.9 Å². The second-order valence-electron chi connectivity index (χ2n) is 4.52. The SMILES string of the molecule is CCNC1CCCN(C(C)c2ccsc2)C1=O. The molecule has 0 bridgehead atoms. The largest absolute Gasteiger partial charge is 0.335 e. The molecule has 4 heteroatoms.